The van der Waals surface area contributed by atoms with Crippen LogP contribution in [0, 0.1) is 0 Å². The molecule has 0 aromatic rings. The quantitative estimate of drug-likeness (QED) is 0.680. The van der Waals surface area contributed by atoms with Gasteiger partial charge in [0.05, 0.1) is 18.3 Å². The van der Waals surface area contributed by atoms with Crippen molar-refractivity contribution in [2.75, 3.05) is 19.8 Å². The summed E-state index contributed by atoms with van der Waals surface area (Å²) in [4.78, 5) is 13.8. The average Bonchev–Trinajstić information content (AvgIpc) is 2.69. The van der Waals surface area contributed by atoms with Gasteiger partial charge in [0.15, 0.2) is 0 Å². The Labute approximate surface area is 83.6 Å². The van der Waals surface area contributed by atoms with E-state index in [1.807, 2.05) is 4.90 Å². The molecule has 3 aliphatic rings. The lowest BCUT2D eigenvalue weighted by Gasteiger charge is -2.19. The Hall–Kier alpha value is -0.610. The summed E-state index contributed by atoms with van der Waals surface area (Å²) in [7, 11) is 0. The van der Waals surface area contributed by atoms with E-state index in [1.165, 1.54) is 0 Å². The van der Waals surface area contributed by atoms with Gasteiger partial charge in [0.2, 0.25) is 5.91 Å². The van der Waals surface area contributed by atoms with E-state index >= 15 is 0 Å². The molecule has 0 aromatic carbocycles. The first-order chi connectivity index (χ1) is 6.80. The monoisotopic (exact) mass is 196 g/mol. The molecule has 2 aliphatic heterocycles. The number of nitrogens with zero attached hydrogens (tertiary/aromatic N) is 1. The van der Waals surface area contributed by atoms with Gasteiger partial charge in [0.25, 0.3) is 0 Å². The zero-order valence-corrected chi connectivity index (χ0v) is 8.29. The van der Waals surface area contributed by atoms with Gasteiger partial charge in [0, 0.05) is 13.2 Å². The third-order valence-electron chi connectivity index (χ3n) is 3.50. The first-order valence-corrected chi connectivity index (χ1v) is 5.46. The molecule has 1 unspecified atom stereocenters. The second-order valence-electron chi connectivity index (χ2n) is 4.58. The van der Waals surface area contributed by atoms with Crippen LogP contribution in [0.5, 0.6) is 0 Å². The van der Waals surface area contributed by atoms with Crippen molar-refractivity contribution in [2.45, 2.75) is 37.3 Å². The van der Waals surface area contributed by atoms with Crippen LogP contribution in [-0.2, 0) is 9.53 Å². The summed E-state index contributed by atoms with van der Waals surface area (Å²) < 4.78 is 5.53. The molecule has 0 radical (unpaired) electrons. The van der Waals surface area contributed by atoms with Crippen molar-refractivity contribution >= 4 is 5.91 Å². The van der Waals surface area contributed by atoms with Gasteiger partial charge in [0.1, 0.15) is 0 Å². The zero-order chi connectivity index (χ0) is 9.60. The highest BCUT2D eigenvalue weighted by Crippen LogP contribution is 2.40. The Morgan fingerprint density at radius 2 is 2.43 bits per heavy atom. The standard InChI is InChI=1S/C10H16N2O2/c13-9-10(3-4-10)11-7-12(9)6-8-2-1-5-14-8/h8,11H,1-7H2. The molecule has 1 amide bonds. The van der Waals surface area contributed by atoms with E-state index in [1.54, 1.807) is 0 Å². The molecule has 4 nitrogen and oxygen atoms in total. The predicted molar refractivity (Wildman–Crippen MR) is 50.7 cm³/mol. The van der Waals surface area contributed by atoms with Gasteiger partial charge in [-0.2, -0.15) is 0 Å². The number of hydrogen-bond acceptors (Lipinski definition) is 3. The van der Waals surface area contributed by atoms with Crippen LogP contribution in [0.15, 0.2) is 0 Å². The van der Waals surface area contributed by atoms with Crippen molar-refractivity contribution < 1.29 is 9.53 Å². The van der Waals surface area contributed by atoms with Crippen molar-refractivity contribution in [1.29, 1.82) is 0 Å². The fraction of sp³-hybridized carbons (Fsp3) is 0.900. The first kappa shape index (κ1) is 8.68. The minimum atomic E-state index is -0.140. The maximum absolute atomic E-state index is 11.9. The molecule has 3 fully saturated rings. The van der Waals surface area contributed by atoms with E-state index in [0.29, 0.717) is 5.91 Å². The van der Waals surface area contributed by atoms with Crippen LogP contribution in [-0.4, -0.2) is 42.3 Å². The molecular formula is C10H16N2O2. The molecule has 1 N–H and O–H groups in total. The lowest BCUT2D eigenvalue weighted by Crippen LogP contribution is -2.36. The number of carbonyl (C=O) groups is 1. The van der Waals surface area contributed by atoms with Gasteiger partial charge in [-0.3, -0.25) is 10.1 Å². The Balaban J connectivity index is 1.60. The second kappa shape index (κ2) is 2.94. The lowest BCUT2D eigenvalue weighted by atomic mass is 10.2. The molecule has 2 heterocycles. The highest BCUT2D eigenvalue weighted by molar-refractivity contribution is 5.91. The molecule has 2 saturated heterocycles. The van der Waals surface area contributed by atoms with Crippen LogP contribution < -0.4 is 5.32 Å². The molecule has 3 rings (SSSR count). The fourth-order valence-electron chi connectivity index (χ4n) is 2.39. The number of nitrogens with one attached hydrogen (secondary N) is 1. The fourth-order valence-corrected chi connectivity index (χ4v) is 2.39. The third-order valence-corrected chi connectivity index (χ3v) is 3.50. The smallest absolute Gasteiger partial charge is 0.244 e. The molecule has 1 atom stereocenters. The van der Waals surface area contributed by atoms with E-state index in [0.717, 1.165) is 45.5 Å². The first-order valence-electron chi connectivity index (χ1n) is 5.46. The molecule has 0 aromatic heterocycles. The summed E-state index contributed by atoms with van der Waals surface area (Å²) in [5.74, 6) is 0.299. The summed E-state index contributed by atoms with van der Waals surface area (Å²) in [6.07, 6.45) is 4.58. The molecule has 78 valence electrons. The molecule has 14 heavy (non-hydrogen) atoms. The maximum atomic E-state index is 11.9. The summed E-state index contributed by atoms with van der Waals surface area (Å²) in [5, 5.41) is 3.30. The van der Waals surface area contributed by atoms with Crippen molar-refractivity contribution in [2.24, 2.45) is 0 Å². The minimum absolute atomic E-state index is 0.140. The SMILES string of the molecule is O=C1N(CC2CCCO2)CNC12CC2. The van der Waals surface area contributed by atoms with E-state index in [4.69, 9.17) is 4.74 Å². The van der Waals surface area contributed by atoms with Gasteiger partial charge in [-0.15, -0.1) is 0 Å². The molecule has 4 heteroatoms. The van der Waals surface area contributed by atoms with E-state index in [2.05, 4.69) is 5.32 Å². The molecule has 0 bridgehead atoms. The van der Waals surface area contributed by atoms with Crippen LogP contribution in [0.2, 0.25) is 0 Å². The van der Waals surface area contributed by atoms with Crippen LogP contribution in [0.3, 0.4) is 0 Å². The predicted octanol–water partition coefficient (Wildman–Crippen LogP) is 0.0873. The van der Waals surface area contributed by atoms with Crippen LogP contribution in [0.1, 0.15) is 25.7 Å². The van der Waals surface area contributed by atoms with Crippen molar-refractivity contribution in [3.05, 3.63) is 0 Å². The Morgan fingerprint density at radius 1 is 1.57 bits per heavy atom. The van der Waals surface area contributed by atoms with Crippen molar-refractivity contribution in [3.8, 4) is 0 Å². The third kappa shape index (κ3) is 1.25. The number of hydrogen-bond donors (Lipinski definition) is 1. The molecular weight excluding hydrogens is 180 g/mol. The Morgan fingerprint density at radius 3 is 3.00 bits per heavy atom. The van der Waals surface area contributed by atoms with Gasteiger partial charge in [-0.05, 0) is 25.7 Å². The number of amides is 1. The maximum Gasteiger partial charge on any atom is 0.244 e. The summed E-state index contributed by atoms with van der Waals surface area (Å²) in [6, 6.07) is 0. The van der Waals surface area contributed by atoms with Gasteiger partial charge >= 0.3 is 0 Å². The van der Waals surface area contributed by atoms with E-state index < -0.39 is 0 Å². The highest BCUT2D eigenvalue weighted by Gasteiger charge is 2.55. The average molecular weight is 196 g/mol. The largest absolute Gasteiger partial charge is 0.376 e. The summed E-state index contributed by atoms with van der Waals surface area (Å²) >= 11 is 0. The number of ether oxygens (including phenoxy) is 1. The molecule has 1 spiro atoms. The van der Waals surface area contributed by atoms with Crippen LogP contribution in [0.4, 0.5) is 0 Å². The van der Waals surface area contributed by atoms with E-state index in [9.17, 15) is 4.79 Å². The van der Waals surface area contributed by atoms with Gasteiger partial charge in [-0.25, -0.2) is 0 Å². The zero-order valence-electron chi connectivity index (χ0n) is 8.29. The minimum Gasteiger partial charge on any atom is -0.376 e. The highest BCUT2D eigenvalue weighted by atomic mass is 16.5. The van der Waals surface area contributed by atoms with Crippen LogP contribution >= 0.6 is 0 Å². The summed E-state index contributed by atoms with van der Waals surface area (Å²) in [6.45, 7) is 2.37. The second-order valence-corrected chi connectivity index (χ2v) is 4.58. The lowest BCUT2D eigenvalue weighted by molar-refractivity contribution is -0.131. The molecule has 1 saturated carbocycles. The topological polar surface area (TPSA) is 41.6 Å². The van der Waals surface area contributed by atoms with Crippen molar-refractivity contribution in [1.82, 2.24) is 10.2 Å². The molecule has 1 aliphatic carbocycles. The Bertz CT molecular complexity index is 257. The van der Waals surface area contributed by atoms with Gasteiger partial charge in [-0.1, -0.05) is 0 Å². The number of carbonyl (C=O) groups excluding carboxylic acids is 1. The van der Waals surface area contributed by atoms with Gasteiger partial charge < -0.3 is 9.64 Å². The van der Waals surface area contributed by atoms with E-state index in [-0.39, 0.29) is 11.6 Å². The normalized spacial score (nSPS) is 34.4. The summed E-state index contributed by atoms with van der Waals surface area (Å²) in [5.41, 5.74) is -0.140. The number of rotatable bonds is 2. The Kier molecular flexibility index (Phi) is 1.82. The van der Waals surface area contributed by atoms with Crippen molar-refractivity contribution in [3.63, 3.8) is 0 Å². The van der Waals surface area contributed by atoms with Crippen LogP contribution in [0.25, 0.3) is 0 Å².